The molecule has 1 heterocycles. The minimum atomic E-state index is -0.146. The van der Waals surface area contributed by atoms with Crippen molar-refractivity contribution in [3.63, 3.8) is 0 Å². The molecule has 1 aliphatic rings. The molecule has 1 aromatic rings. The van der Waals surface area contributed by atoms with E-state index in [4.69, 9.17) is 21.1 Å². The number of hydrogen-bond acceptors (Lipinski definition) is 3. The lowest BCUT2D eigenvalue weighted by Crippen LogP contribution is -2.44. The van der Waals surface area contributed by atoms with Crippen LogP contribution >= 0.6 is 11.6 Å². The van der Waals surface area contributed by atoms with E-state index in [0.717, 1.165) is 11.5 Å². The summed E-state index contributed by atoms with van der Waals surface area (Å²) in [6, 6.07) is 7.53. The van der Waals surface area contributed by atoms with Crippen molar-refractivity contribution in [1.82, 2.24) is 4.90 Å². The smallest absolute Gasteiger partial charge is 0.237 e. The third kappa shape index (κ3) is 2.88. The molecule has 1 atom stereocenters. The first-order valence-corrected chi connectivity index (χ1v) is 6.50. The van der Waals surface area contributed by atoms with Crippen LogP contribution in [0.1, 0.15) is 6.92 Å². The van der Waals surface area contributed by atoms with Crippen LogP contribution in [0.4, 0.5) is 0 Å². The number of alkyl halides is 1. The first-order chi connectivity index (χ1) is 8.74. The van der Waals surface area contributed by atoms with Gasteiger partial charge in [0, 0.05) is 6.54 Å². The van der Waals surface area contributed by atoms with Crippen molar-refractivity contribution in [3.8, 4) is 11.5 Å². The molecule has 0 saturated carbocycles. The van der Waals surface area contributed by atoms with E-state index in [2.05, 4.69) is 0 Å². The summed E-state index contributed by atoms with van der Waals surface area (Å²) in [7, 11) is 0. The van der Waals surface area contributed by atoms with Gasteiger partial charge in [0.05, 0.1) is 6.54 Å². The average molecular weight is 270 g/mol. The SMILES string of the molecule is CCN(CC1COc2ccccc2O1)C(=O)CCl. The Labute approximate surface area is 111 Å². The van der Waals surface area contributed by atoms with Crippen LogP contribution < -0.4 is 9.47 Å². The normalized spacial score (nSPS) is 17.3. The van der Waals surface area contributed by atoms with Crippen molar-refractivity contribution in [1.29, 1.82) is 0 Å². The van der Waals surface area contributed by atoms with Crippen molar-refractivity contribution in [3.05, 3.63) is 24.3 Å². The van der Waals surface area contributed by atoms with Crippen molar-refractivity contribution >= 4 is 17.5 Å². The number of benzene rings is 1. The third-order valence-electron chi connectivity index (χ3n) is 2.84. The average Bonchev–Trinajstić information content (AvgIpc) is 2.43. The molecule has 0 aromatic heterocycles. The molecule has 0 radical (unpaired) electrons. The molecular weight excluding hydrogens is 254 g/mol. The fraction of sp³-hybridized carbons (Fsp3) is 0.462. The standard InChI is InChI=1S/C13H16ClNO3/c1-2-15(13(16)7-14)8-10-9-17-11-5-3-4-6-12(11)18-10/h3-6,10H,2,7-9H2,1H3. The van der Waals surface area contributed by atoms with Gasteiger partial charge in [0.25, 0.3) is 0 Å². The van der Waals surface area contributed by atoms with Gasteiger partial charge in [0.1, 0.15) is 12.5 Å². The summed E-state index contributed by atoms with van der Waals surface area (Å²) >= 11 is 5.56. The summed E-state index contributed by atoms with van der Waals surface area (Å²) in [6.07, 6.45) is -0.146. The second-order valence-electron chi connectivity index (χ2n) is 4.06. The Balaban J connectivity index is 1.98. The molecule has 1 unspecified atom stereocenters. The number of likely N-dealkylation sites (N-methyl/N-ethyl adjacent to an activating group) is 1. The summed E-state index contributed by atoms with van der Waals surface area (Å²) in [4.78, 5) is 13.2. The minimum absolute atomic E-state index is 0.00198. The van der Waals surface area contributed by atoms with Gasteiger partial charge in [-0.15, -0.1) is 11.6 Å². The van der Waals surface area contributed by atoms with Crippen LogP contribution in [0.5, 0.6) is 11.5 Å². The second-order valence-corrected chi connectivity index (χ2v) is 4.33. The summed E-state index contributed by atoms with van der Waals surface area (Å²) in [5.74, 6) is 1.39. The molecule has 1 amide bonds. The Bertz CT molecular complexity index is 424. The van der Waals surface area contributed by atoms with Gasteiger partial charge in [-0.1, -0.05) is 12.1 Å². The van der Waals surface area contributed by atoms with Gasteiger partial charge in [-0.25, -0.2) is 0 Å². The summed E-state index contributed by atoms with van der Waals surface area (Å²) in [5, 5.41) is 0. The van der Waals surface area contributed by atoms with Crippen LogP contribution in [0.3, 0.4) is 0 Å². The Kier molecular flexibility index (Phi) is 4.31. The molecule has 2 rings (SSSR count). The first kappa shape index (κ1) is 13.0. The zero-order chi connectivity index (χ0) is 13.0. The van der Waals surface area contributed by atoms with E-state index in [-0.39, 0.29) is 17.9 Å². The van der Waals surface area contributed by atoms with Gasteiger partial charge < -0.3 is 14.4 Å². The van der Waals surface area contributed by atoms with E-state index in [1.54, 1.807) is 4.90 Å². The third-order valence-corrected chi connectivity index (χ3v) is 3.07. The molecule has 0 spiro atoms. The molecular formula is C13H16ClNO3. The molecule has 1 aromatic carbocycles. The van der Waals surface area contributed by atoms with Crippen molar-refractivity contribution < 1.29 is 14.3 Å². The molecule has 0 bridgehead atoms. The van der Waals surface area contributed by atoms with E-state index in [9.17, 15) is 4.79 Å². The molecule has 18 heavy (non-hydrogen) atoms. The monoisotopic (exact) mass is 269 g/mol. The highest BCUT2D eigenvalue weighted by molar-refractivity contribution is 6.27. The fourth-order valence-corrected chi connectivity index (χ4v) is 2.06. The lowest BCUT2D eigenvalue weighted by Gasteiger charge is -2.30. The molecule has 5 heteroatoms. The molecule has 1 aliphatic heterocycles. The minimum Gasteiger partial charge on any atom is -0.486 e. The Morgan fingerprint density at radius 1 is 1.44 bits per heavy atom. The van der Waals surface area contributed by atoms with Gasteiger partial charge >= 0.3 is 0 Å². The molecule has 0 fully saturated rings. The lowest BCUT2D eigenvalue weighted by atomic mass is 10.2. The highest BCUT2D eigenvalue weighted by Crippen LogP contribution is 2.30. The van der Waals surface area contributed by atoms with Crippen LogP contribution in [-0.2, 0) is 4.79 Å². The first-order valence-electron chi connectivity index (χ1n) is 5.96. The van der Waals surface area contributed by atoms with E-state index in [1.807, 2.05) is 31.2 Å². The predicted octanol–water partition coefficient (Wildman–Crippen LogP) is 1.91. The maximum Gasteiger partial charge on any atom is 0.237 e. The number of amides is 1. The highest BCUT2D eigenvalue weighted by atomic mass is 35.5. The number of rotatable bonds is 4. The van der Waals surface area contributed by atoms with Crippen LogP contribution in [0.25, 0.3) is 0 Å². The molecule has 0 aliphatic carbocycles. The van der Waals surface area contributed by atoms with Crippen molar-refractivity contribution in [2.24, 2.45) is 0 Å². The Hall–Kier alpha value is -1.42. The zero-order valence-corrected chi connectivity index (χ0v) is 11.0. The summed E-state index contributed by atoms with van der Waals surface area (Å²) < 4.78 is 11.4. The predicted molar refractivity (Wildman–Crippen MR) is 69.3 cm³/mol. The van der Waals surface area contributed by atoms with E-state index in [0.29, 0.717) is 19.7 Å². The maximum atomic E-state index is 11.6. The number of carbonyl (C=O) groups excluding carboxylic acids is 1. The van der Waals surface area contributed by atoms with Gasteiger partial charge in [-0.05, 0) is 19.1 Å². The van der Waals surface area contributed by atoms with Crippen LogP contribution in [0.2, 0.25) is 0 Å². The van der Waals surface area contributed by atoms with Crippen molar-refractivity contribution in [2.45, 2.75) is 13.0 Å². The molecule has 98 valence electrons. The Morgan fingerprint density at radius 2 is 2.17 bits per heavy atom. The van der Waals surface area contributed by atoms with E-state index < -0.39 is 0 Å². The number of fused-ring (bicyclic) bond motifs is 1. The van der Waals surface area contributed by atoms with Gasteiger partial charge in [0.15, 0.2) is 17.6 Å². The van der Waals surface area contributed by atoms with Crippen molar-refractivity contribution in [2.75, 3.05) is 25.6 Å². The quantitative estimate of drug-likeness (QED) is 0.784. The lowest BCUT2D eigenvalue weighted by molar-refractivity contribution is -0.129. The number of ether oxygens (including phenoxy) is 2. The topological polar surface area (TPSA) is 38.8 Å². The Morgan fingerprint density at radius 3 is 2.83 bits per heavy atom. The molecule has 0 saturated heterocycles. The number of para-hydroxylation sites is 2. The maximum absolute atomic E-state index is 11.6. The van der Waals surface area contributed by atoms with E-state index >= 15 is 0 Å². The van der Waals surface area contributed by atoms with Crippen LogP contribution in [0.15, 0.2) is 24.3 Å². The number of halogens is 1. The van der Waals surface area contributed by atoms with Gasteiger partial charge in [-0.3, -0.25) is 4.79 Å². The van der Waals surface area contributed by atoms with Gasteiger partial charge in [-0.2, -0.15) is 0 Å². The van der Waals surface area contributed by atoms with Crippen LogP contribution in [-0.4, -0.2) is 42.5 Å². The second kappa shape index (κ2) is 5.96. The molecule has 4 nitrogen and oxygen atoms in total. The number of hydrogen-bond donors (Lipinski definition) is 0. The number of carbonyl (C=O) groups is 1. The molecule has 0 N–H and O–H groups in total. The number of nitrogens with zero attached hydrogens (tertiary/aromatic N) is 1. The van der Waals surface area contributed by atoms with Crippen LogP contribution in [0, 0.1) is 0 Å². The zero-order valence-electron chi connectivity index (χ0n) is 10.3. The van der Waals surface area contributed by atoms with E-state index in [1.165, 1.54) is 0 Å². The summed E-state index contributed by atoms with van der Waals surface area (Å²) in [6.45, 7) is 3.48. The largest absolute Gasteiger partial charge is 0.486 e. The highest BCUT2D eigenvalue weighted by Gasteiger charge is 2.24. The fourth-order valence-electron chi connectivity index (χ4n) is 1.89. The van der Waals surface area contributed by atoms with Gasteiger partial charge in [0.2, 0.25) is 5.91 Å². The summed E-state index contributed by atoms with van der Waals surface area (Å²) in [5.41, 5.74) is 0.